The normalized spacial score (nSPS) is 23.2. The van der Waals surface area contributed by atoms with Gasteiger partial charge in [-0.3, -0.25) is 9.52 Å². The summed E-state index contributed by atoms with van der Waals surface area (Å²) in [5, 5.41) is 3.42. The highest BCUT2D eigenvalue weighted by atomic mass is 35.5. The number of fused-ring (bicyclic) bond motifs is 2. The van der Waals surface area contributed by atoms with Crippen molar-refractivity contribution in [2.45, 2.75) is 37.0 Å². The van der Waals surface area contributed by atoms with Gasteiger partial charge < -0.3 is 5.32 Å². The average molecular weight is 453 g/mol. The predicted octanol–water partition coefficient (Wildman–Crippen LogP) is 5.56. The Morgan fingerprint density at radius 1 is 1.00 bits per heavy atom. The van der Waals surface area contributed by atoms with E-state index in [1.807, 2.05) is 0 Å². The summed E-state index contributed by atoms with van der Waals surface area (Å²) in [6.07, 6.45) is 5.38. The van der Waals surface area contributed by atoms with E-state index in [1.54, 1.807) is 30.3 Å². The molecule has 2 aliphatic rings. The van der Waals surface area contributed by atoms with Crippen LogP contribution in [0.25, 0.3) is 0 Å². The number of halogens is 2. The third-order valence-electron chi connectivity index (χ3n) is 5.93. The van der Waals surface area contributed by atoms with Crippen LogP contribution in [0.2, 0.25) is 10.0 Å². The minimum atomic E-state index is -3.92. The van der Waals surface area contributed by atoms with Gasteiger partial charge in [0, 0.05) is 22.8 Å². The standard InChI is InChI=1S/C21H22Cl2N2O3S/c22-16-3-5-17(6-4-16)25-29(27,28)20-12-18(7-8-19(20)23)24-21(26)11-15-10-13-1-2-14(15)9-13/h3-8,12-15,25H,1-2,9-11H2,(H,24,26). The van der Waals surface area contributed by atoms with Gasteiger partial charge in [0.2, 0.25) is 5.91 Å². The number of carbonyl (C=O) groups excluding carboxylic acids is 1. The van der Waals surface area contributed by atoms with Crippen molar-refractivity contribution in [3.05, 3.63) is 52.5 Å². The molecule has 2 N–H and O–H groups in total. The number of amides is 1. The second kappa shape index (κ2) is 8.17. The van der Waals surface area contributed by atoms with Crippen molar-refractivity contribution < 1.29 is 13.2 Å². The lowest BCUT2D eigenvalue weighted by Crippen LogP contribution is -2.20. The van der Waals surface area contributed by atoms with E-state index in [9.17, 15) is 13.2 Å². The van der Waals surface area contributed by atoms with E-state index in [-0.39, 0.29) is 15.8 Å². The van der Waals surface area contributed by atoms with E-state index in [4.69, 9.17) is 23.2 Å². The molecule has 154 valence electrons. The summed E-state index contributed by atoms with van der Waals surface area (Å²) < 4.78 is 28.0. The SMILES string of the molecule is O=C(CC1CC2CCC1C2)Nc1ccc(Cl)c(S(=O)(=O)Nc2ccc(Cl)cc2)c1. The molecule has 2 aromatic rings. The predicted molar refractivity (Wildman–Crippen MR) is 116 cm³/mol. The first-order chi connectivity index (χ1) is 13.8. The van der Waals surface area contributed by atoms with Gasteiger partial charge in [0.25, 0.3) is 10.0 Å². The Hall–Kier alpha value is -1.76. The Morgan fingerprint density at radius 2 is 1.72 bits per heavy atom. The van der Waals surface area contributed by atoms with Crippen molar-refractivity contribution in [1.82, 2.24) is 0 Å². The van der Waals surface area contributed by atoms with Crippen LogP contribution in [0.4, 0.5) is 11.4 Å². The lowest BCUT2D eigenvalue weighted by molar-refractivity contribution is -0.117. The van der Waals surface area contributed by atoms with Crippen LogP contribution in [-0.2, 0) is 14.8 Å². The second-order valence-electron chi connectivity index (χ2n) is 7.94. The molecule has 0 saturated heterocycles. The minimum absolute atomic E-state index is 0.0811. The van der Waals surface area contributed by atoms with Gasteiger partial charge in [0.15, 0.2) is 0 Å². The highest BCUT2D eigenvalue weighted by Gasteiger charge is 2.40. The second-order valence-corrected chi connectivity index (χ2v) is 10.4. The van der Waals surface area contributed by atoms with E-state index in [0.717, 1.165) is 12.3 Å². The number of anilines is 2. The topological polar surface area (TPSA) is 75.3 Å². The molecule has 4 rings (SSSR count). The summed E-state index contributed by atoms with van der Waals surface area (Å²) in [5.41, 5.74) is 0.787. The van der Waals surface area contributed by atoms with Gasteiger partial charge in [0.05, 0.1) is 5.02 Å². The van der Waals surface area contributed by atoms with Gasteiger partial charge in [0.1, 0.15) is 4.90 Å². The molecule has 1 amide bonds. The highest BCUT2D eigenvalue weighted by Crippen LogP contribution is 2.49. The van der Waals surface area contributed by atoms with Gasteiger partial charge in [-0.1, -0.05) is 29.6 Å². The van der Waals surface area contributed by atoms with Crippen LogP contribution < -0.4 is 10.0 Å². The fraction of sp³-hybridized carbons (Fsp3) is 0.381. The van der Waals surface area contributed by atoms with Crippen LogP contribution in [0.1, 0.15) is 32.1 Å². The van der Waals surface area contributed by atoms with E-state index in [2.05, 4.69) is 10.0 Å². The molecule has 2 fully saturated rings. The fourth-order valence-electron chi connectivity index (χ4n) is 4.59. The molecule has 2 saturated carbocycles. The van der Waals surface area contributed by atoms with Crippen LogP contribution >= 0.6 is 23.2 Å². The molecule has 8 heteroatoms. The van der Waals surface area contributed by atoms with Crippen molar-refractivity contribution in [2.75, 3.05) is 10.0 Å². The van der Waals surface area contributed by atoms with Crippen molar-refractivity contribution in [3.8, 4) is 0 Å². The molecule has 0 aliphatic heterocycles. The quantitative estimate of drug-likeness (QED) is 0.602. The molecule has 5 nitrogen and oxygen atoms in total. The first-order valence-corrected chi connectivity index (χ1v) is 11.9. The number of rotatable bonds is 6. The Balaban J connectivity index is 1.46. The molecule has 0 aromatic heterocycles. The van der Waals surface area contributed by atoms with E-state index in [0.29, 0.717) is 34.7 Å². The lowest BCUT2D eigenvalue weighted by Gasteiger charge is -2.21. The van der Waals surface area contributed by atoms with Crippen LogP contribution in [0.3, 0.4) is 0 Å². The Bertz CT molecular complexity index is 1020. The summed E-state index contributed by atoms with van der Waals surface area (Å²) in [4.78, 5) is 12.4. The van der Waals surface area contributed by atoms with Crippen LogP contribution in [0, 0.1) is 17.8 Å². The van der Waals surface area contributed by atoms with E-state index in [1.165, 1.54) is 31.4 Å². The van der Waals surface area contributed by atoms with Gasteiger partial charge in [-0.2, -0.15) is 0 Å². The van der Waals surface area contributed by atoms with Crippen LogP contribution in [0.5, 0.6) is 0 Å². The fourth-order valence-corrected chi connectivity index (χ4v) is 6.30. The van der Waals surface area contributed by atoms with Crippen LogP contribution in [0.15, 0.2) is 47.4 Å². The minimum Gasteiger partial charge on any atom is -0.326 e. The lowest BCUT2D eigenvalue weighted by atomic mass is 9.86. The maximum Gasteiger partial charge on any atom is 0.263 e. The zero-order valence-electron chi connectivity index (χ0n) is 15.7. The monoisotopic (exact) mass is 452 g/mol. The Morgan fingerprint density at radius 3 is 2.38 bits per heavy atom. The molecule has 2 aliphatic carbocycles. The first-order valence-electron chi connectivity index (χ1n) is 9.68. The maximum absolute atomic E-state index is 12.8. The highest BCUT2D eigenvalue weighted by molar-refractivity contribution is 7.92. The van der Waals surface area contributed by atoms with E-state index >= 15 is 0 Å². The molecule has 0 heterocycles. The Labute approximate surface area is 180 Å². The van der Waals surface area contributed by atoms with Crippen molar-refractivity contribution in [1.29, 1.82) is 0 Å². The molecule has 0 radical (unpaired) electrons. The van der Waals surface area contributed by atoms with Gasteiger partial charge >= 0.3 is 0 Å². The molecule has 2 bridgehead atoms. The Kier molecular flexibility index (Phi) is 5.78. The molecule has 3 atom stereocenters. The van der Waals surface area contributed by atoms with Crippen molar-refractivity contribution in [3.63, 3.8) is 0 Å². The van der Waals surface area contributed by atoms with Gasteiger partial charge in [-0.25, -0.2) is 8.42 Å². The van der Waals surface area contributed by atoms with Crippen molar-refractivity contribution in [2.24, 2.45) is 17.8 Å². The number of carbonyl (C=O) groups is 1. The van der Waals surface area contributed by atoms with Gasteiger partial charge in [-0.15, -0.1) is 0 Å². The first kappa shape index (κ1) is 20.5. The molecule has 29 heavy (non-hydrogen) atoms. The number of hydrogen-bond donors (Lipinski definition) is 2. The summed E-state index contributed by atoms with van der Waals surface area (Å²) in [5.74, 6) is 1.80. The zero-order valence-corrected chi connectivity index (χ0v) is 18.0. The third kappa shape index (κ3) is 4.71. The molecular weight excluding hydrogens is 431 g/mol. The molecule has 2 aromatic carbocycles. The summed E-state index contributed by atoms with van der Waals surface area (Å²) in [6.45, 7) is 0. The molecule has 0 spiro atoms. The van der Waals surface area contributed by atoms with Crippen molar-refractivity contribution >= 4 is 50.5 Å². The summed E-state index contributed by atoms with van der Waals surface area (Å²) in [6, 6.07) is 10.8. The number of hydrogen-bond acceptors (Lipinski definition) is 3. The largest absolute Gasteiger partial charge is 0.326 e. The zero-order chi connectivity index (χ0) is 20.6. The van der Waals surface area contributed by atoms with E-state index < -0.39 is 10.0 Å². The molecule has 3 unspecified atom stereocenters. The number of sulfonamides is 1. The summed E-state index contributed by atoms with van der Waals surface area (Å²) >= 11 is 12.0. The van der Waals surface area contributed by atoms with Crippen LogP contribution in [-0.4, -0.2) is 14.3 Å². The molecular formula is C21H22Cl2N2O3S. The smallest absolute Gasteiger partial charge is 0.263 e. The summed E-state index contributed by atoms with van der Waals surface area (Å²) in [7, 11) is -3.92. The third-order valence-corrected chi connectivity index (χ3v) is 8.05. The average Bonchev–Trinajstić information content (AvgIpc) is 3.28. The number of benzene rings is 2. The van der Waals surface area contributed by atoms with Gasteiger partial charge in [-0.05, 0) is 79.5 Å². The maximum atomic E-state index is 12.8. The number of nitrogens with one attached hydrogen (secondary N) is 2.